The van der Waals surface area contributed by atoms with Crippen LogP contribution in [0.3, 0.4) is 0 Å². The molecule has 3 aromatic rings. The molecule has 0 bridgehead atoms. The van der Waals surface area contributed by atoms with Gasteiger partial charge in [-0.2, -0.15) is 4.39 Å². The van der Waals surface area contributed by atoms with E-state index in [0.717, 1.165) is 11.1 Å². The maximum Gasteiger partial charge on any atom is 0.201 e. The van der Waals surface area contributed by atoms with Crippen molar-refractivity contribution in [3.8, 4) is 28.0 Å². The van der Waals surface area contributed by atoms with Crippen molar-refractivity contribution in [2.24, 2.45) is 0 Å². The average Bonchev–Trinajstić information content (AvgIpc) is 2.60. The van der Waals surface area contributed by atoms with E-state index in [0.29, 0.717) is 12.2 Å². The Balaban J connectivity index is 0.00000169. The molecule has 26 heavy (non-hydrogen) atoms. The highest BCUT2D eigenvalue weighted by atomic mass is 19.2. The fraction of sp³-hybridized carbons (Fsp3) is 0.217. The molecule has 0 atom stereocenters. The predicted molar refractivity (Wildman–Crippen MR) is 107 cm³/mol. The summed E-state index contributed by atoms with van der Waals surface area (Å²) in [5.41, 5.74) is 4.18. The zero-order valence-electron chi connectivity index (χ0n) is 13.6. The molecule has 3 heteroatoms. The molecule has 0 N–H and O–H groups in total. The second-order valence-corrected chi connectivity index (χ2v) is 5.62. The zero-order chi connectivity index (χ0) is 17.1. The molecule has 0 aromatic heterocycles. The molecule has 0 aliphatic rings. The van der Waals surface area contributed by atoms with Crippen molar-refractivity contribution >= 4 is 0 Å². The molecule has 138 valence electrons. The molecule has 0 heterocycles. The lowest BCUT2D eigenvalue weighted by Gasteiger charge is -2.10. The van der Waals surface area contributed by atoms with Crippen LogP contribution >= 0.6 is 0 Å². The predicted octanol–water partition coefficient (Wildman–Crippen LogP) is 7.28. The first-order valence-electron chi connectivity index (χ1n) is 7.88. The van der Waals surface area contributed by atoms with E-state index in [9.17, 15) is 8.78 Å². The van der Waals surface area contributed by atoms with Crippen LogP contribution in [0.25, 0.3) is 22.3 Å². The minimum absolute atomic E-state index is 0. The smallest absolute Gasteiger partial charge is 0.201 e. The Morgan fingerprint density at radius 1 is 0.692 bits per heavy atom. The molecule has 0 unspecified atom stereocenters. The van der Waals surface area contributed by atoms with Crippen molar-refractivity contribution in [2.45, 2.75) is 28.7 Å². The second kappa shape index (κ2) is 9.14. The van der Waals surface area contributed by atoms with Gasteiger partial charge in [0.2, 0.25) is 5.82 Å². The van der Waals surface area contributed by atoms with Crippen molar-refractivity contribution in [3.63, 3.8) is 0 Å². The summed E-state index contributed by atoms with van der Waals surface area (Å²) in [6.45, 7) is 4.06. The zero-order valence-corrected chi connectivity index (χ0v) is 13.6. The van der Waals surface area contributed by atoms with E-state index in [1.54, 1.807) is 25.1 Å². The van der Waals surface area contributed by atoms with Gasteiger partial charge in [0.05, 0.1) is 6.61 Å². The van der Waals surface area contributed by atoms with Crippen molar-refractivity contribution < 1.29 is 13.5 Å². The normalized spacial score (nSPS) is 9.85. The lowest BCUT2D eigenvalue weighted by Crippen LogP contribution is -1.98. The Kier molecular flexibility index (Phi) is 7.51. The molecular weight excluding hydrogens is 330 g/mol. The number of rotatable bonds is 4. The Hall–Kier alpha value is -2.68. The van der Waals surface area contributed by atoms with Crippen LogP contribution in [-0.2, 0) is 0 Å². The standard InChI is InChI=1S/C21H18F2O.2CH4/c1-3-24-19-13-12-18(20(22)21(19)23)17-10-8-16(9-11-17)15-6-4-14(2)5-7-15;;/h4-13H,3H2,1-2H3;2*1H4. The van der Waals surface area contributed by atoms with Crippen LogP contribution in [0.4, 0.5) is 8.78 Å². The third-order valence-corrected chi connectivity index (χ3v) is 3.93. The van der Waals surface area contributed by atoms with Gasteiger partial charge in [-0.15, -0.1) is 0 Å². The molecule has 1 nitrogen and oxygen atoms in total. The SMILES string of the molecule is C.C.CCOc1ccc(-c2ccc(-c3ccc(C)cc3)cc2)c(F)c1F. The van der Waals surface area contributed by atoms with Crippen LogP contribution < -0.4 is 4.74 Å². The Morgan fingerprint density at radius 2 is 1.19 bits per heavy atom. The van der Waals surface area contributed by atoms with Crippen LogP contribution in [0.2, 0.25) is 0 Å². The number of halogens is 2. The summed E-state index contributed by atoms with van der Waals surface area (Å²) in [7, 11) is 0. The van der Waals surface area contributed by atoms with Crippen LogP contribution in [0.1, 0.15) is 27.3 Å². The molecule has 0 saturated heterocycles. The summed E-state index contributed by atoms with van der Waals surface area (Å²) in [4.78, 5) is 0. The fourth-order valence-electron chi connectivity index (χ4n) is 2.61. The van der Waals surface area contributed by atoms with Crippen molar-refractivity contribution in [1.82, 2.24) is 0 Å². The first kappa shape index (κ1) is 21.4. The van der Waals surface area contributed by atoms with Crippen LogP contribution in [-0.4, -0.2) is 6.61 Å². The van der Waals surface area contributed by atoms with Gasteiger partial charge in [0, 0.05) is 5.56 Å². The summed E-state index contributed by atoms with van der Waals surface area (Å²) in [6.07, 6.45) is 0. The summed E-state index contributed by atoms with van der Waals surface area (Å²) < 4.78 is 33.4. The number of aryl methyl sites for hydroxylation is 1. The maximum atomic E-state index is 14.3. The number of hydrogen-bond acceptors (Lipinski definition) is 1. The fourth-order valence-corrected chi connectivity index (χ4v) is 2.61. The summed E-state index contributed by atoms with van der Waals surface area (Å²) in [5.74, 6) is -1.89. The van der Waals surface area contributed by atoms with E-state index in [1.807, 2.05) is 43.3 Å². The van der Waals surface area contributed by atoms with E-state index in [1.165, 1.54) is 11.6 Å². The minimum atomic E-state index is -0.947. The van der Waals surface area contributed by atoms with E-state index in [4.69, 9.17) is 4.74 Å². The van der Waals surface area contributed by atoms with Gasteiger partial charge >= 0.3 is 0 Å². The Morgan fingerprint density at radius 3 is 1.73 bits per heavy atom. The third-order valence-electron chi connectivity index (χ3n) is 3.93. The largest absolute Gasteiger partial charge is 0.491 e. The van der Waals surface area contributed by atoms with Gasteiger partial charge in [0.25, 0.3) is 0 Å². The highest BCUT2D eigenvalue weighted by Crippen LogP contribution is 2.31. The van der Waals surface area contributed by atoms with Gasteiger partial charge in [-0.1, -0.05) is 68.9 Å². The molecule has 0 fully saturated rings. The average molecular weight is 356 g/mol. The molecule has 3 rings (SSSR count). The quantitative estimate of drug-likeness (QED) is 0.477. The molecule has 0 radical (unpaired) electrons. The lowest BCUT2D eigenvalue weighted by molar-refractivity contribution is 0.314. The first-order valence-corrected chi connectivity index (χ1v) is 7.88. The molecular formula is C23H26F2O. The van der Waals surface area contributed by atoms with E-state index in [2.05, 4.69) is 0 Å². The van der Waals surface area contributed by atoms with Crippen molar-refractivity contribution in [2.75, 3.05) is 6.61 Å². The van der Waals surface area contributed by atoms with Crippen molar-refractivity contribution in [3.05, 3.63) is 77.9 Å². The van der Waals surface area contributed by atoms with Gasteiger partial charge in [0.15, 0.2) is 11.6 Å². The van der Waals surface area contributed by atoms with Gasteiger partial charge in [-0.25, -0.2) is 4.39 Å². The van der Waals surface area contributed by atoms with E-state index < -0.39 is 11.6 Å². The maximum absolute atomic E-state index is 14.3. The van der Waals surface area contributed by atoms with Crippen LogP contribution in [0, 0.1) is 18.6 Å². The van der Waals surface area contributed by atoms with Gasteiger partial charge in [-0.05, 0) is 42.7 Å². The highest BCUT2D eigenvalue weighted by Gasteiger charge is 2.15. The molecule has 0 aliphatic carbocycles. The van der Waals surface area contributed by atoms with Crippen LogP contribution in [0.15, 0.2) is 60.7 Å². The topological polar surface area (TPSA) is 9.23 Å². The molecule has 0 amide bonds. The summed E-state index contributed by atoms with van der Waals surface area (Å²) in [5, 5.41) is 0. The van der Waals surface area contributed by atoms with Gasteiger partial charge in [0.1, 0.15) is 0 Å². The van der Waals surface area contributed by atoms with E-state index in [-0.39, 0.29) is 26.2 Å². The number of ether oxygens (including phenoxy) is 1. The summed E-state index contributed by atoms with van der Waals surface area (Å²) in [6, 6.07) is 18.6. The number of benzene rings is 3. The van der Waals surface area contributed by atoms with Gasteiger partial charge < -0.3 is 4.74 Å². The molecule has 0 spiro atoms. The Labute approximate surface area is 155 Å². The minimum Gasteiger partial charge on any atom is -0.491 e. The third kappa shape index (κ3) is 4.29. The lowest BCUT2D eigenvalue weighted by atomic mass is 9.99. The van der Waals surface area contributed by atoms with Crippen molar-refractivity contribution in [1.29, 1.82) is 0 Å². The molecule has 3 aromatic carbocycles. The molecule has 0 aliphatic heterocycles. The number of hydrogen-bond donors (Lipinski definition) is 0. The Bertz CT molecular complexity index is 837. The highest BCUT2D eigenvalue weighted by molar-refractivity contribution is 5.71. The second-order valence-electron chi connectivity index (χ2n) is 5.62. The van der Waals surface area contributed by atoms with Crippen LogP contribution in [0.5, 0.6) is 5.75 Å². The molecule has 0 saturated carbocycles. The monoisotopic (exact) mass is 356 g/mol. The van der Waals surface area contributed by atoms with Gasteiger partial charge in [-0.3, -0.25) is 0 Å². The summed E-state index contributed by atoms with van der Waals surface area (Å²) >= 11 is 0. The first-order chi connectivity index (χ1) is 11.6. The van der Waals surface area contributed by atoms with E-state index >= 15 is 0 Å².